The Labute approximate surface area is 345 Å². The highest BCUT2D eigenvalue weighted by molar-refractivity contribution is 9.10. The quantitative estimate of drug-likeness (QED) is 0.139. The van der Waals surface area contributed by atoms with Crippen molar-refractivity contribution in [3.05, 3.63) is 215 Å². The van der Waals surface area contributed by atoms with E-state index < -0.39 is 19.7 Å². The highest BCUT2D eigenvalue weighted by atomic mass is 79.9. The zero-order chi connectivity index (χ0) is 39.4. The van der Waals surface area contributed by atoms with Crippen molar-refractivity contribution in [2.75, 3.05) is 4.90 Å². The summed E-state index contributed by atoms with van der Waals surface area (Å²) in [5, 5.41) is 31.2. The first-order chi connectivity index (χ1) is 28.4. The van der Waals surface area contributed by atoms with E-state index >= 15 is 0 Å². The Morgan fingerprint density at radius 1 is 0.500 bits per heavy atom. The molecule has 0 fully saturated rings. The summed E-state index contributed by atoms with van der Waals surface area (Å²) in [5.41, 5.74) is 11.1. The fraction of sp³-hybridized carbons (Fsp3) is 0.0204. The molecule has 0 radical (unpaired) electrons. The van der Waals surface area contributed by atoms with Crippen LogP contribution >= 0.6 is 15.9 Å². The van der Waals surface area contributed by atoms with E-state index in [1.807, 2.05) is 30.3 Å². The van der Waals surface area contributed by atoms with E-state index in [0.717, 1.165) is 66.0 Å². The van der Waals surface area contributed by atoms with Gasteiger partial charge in [0.1, 0.15) is 11.5 Å². The lowest BCUT2D eigenvalue weighted by Crippen LogP contribution is -2.42. The Hall–Kier alpha value is -6.35. The van der Waals surface area contributed by atoms with Crippen LogP contribution in [0.5, 0.6) is 17.2 Å². The summed E-state index contributed by atoms with van der Waals surface area (Å²) in [6.45, 7) is 0. The normalized spacial score (nSPS) is 14.7. The van der Waals surface area contributed by atoms with Gasteiger partial charge in [-0.2, -0.15) is 0 Å². The Morgan fingerprint density at radius 2 is 1.09 bits per heavy atom. The summed E-state index contributed by atoms with van der Waals surface area (Å²) < 4.78 is 14.1. The summed E-state index contributed by atoms with van der Waals surface area (Å²) in [4.78, 5) is 2.34. The van der Waals surface area contributed by atoms with Crippen molar-refractivity contribution in [1.29, 1.82) is 0 Å². The maximum atomic E-state index is 11.5. The molecule has 1 unspecified atom stereocenters. The Morgan fingerprint density at radius 3 is 1.83 bits per heavy atom. The number of halogens is 1. The Balaban J connectivity index is 1.23. The molecule has 10 rings (SSSR count). The first-order valence-corrected chi connectivity index (χ1v) is 19.9. The van der Waals surface area contributed by atoms with Crippen LogP contribution in [0.1, 0.15) is 22.3 Å². The summed E-state index contributed by atoms with van der Waals surface area (Å²) in [5.74, 6) is 1.47. The molecule has 9 heteroatoms. The second kappa shape index (κ2) is 14.5. The third-order valence-electron chi connectivity index (χ3n) is 11.2. The van der Waals surface area contributed by atoms with Gasteiger partial charge in [-0.3, -0.25) is 0 Å². The van der Waals surface area contributed by atoms with Crippen molar-refractivity contribution >= 4 is 58.2 Å². The molecule has 0 saturated carbocycles. The van der Waals surface area contributed by atoms with Crippen LogP contribution in [0.4, 0.5) is 17.1 Å². The monoisotopic (exact) mass is 817 g/mol. The standard InChI is InChI=1S/C49H34B2BrNO5/c52-38-24-28-45-43(31-38)49(40-17-7-8-19-46(40)57-48-41(49)18-10-20-47(48)58-51(56)37-16-9-15-36(30-37)50(54)55)42-29-35(33-13-5-2-6-14-33)23-27-44(42)53(45)39-25-21-34(22-26-39)32-11-3-1-4-12-32/h1-31,54-56H. The van der Waals surface area contributed by atoms with E-state index in [2.05, 4.69) is 148 Å². The van der Waals surface area contributed by atoms with E-state index in [4.69, 9.17) is 9.39 Å². The number of para-hydroxylation sites is 2. The van der Waals surface area contributed by atoms with E-state index in [1.54, 1.807) is 24.3 Å². The van der Waals surface area contributed by atoms with E-state index in [0.29, 0.717) is 22.7 Å². The molecule has 2 aliphatic rings. The molecule has 0 aromatic heterocycles. The maximum Gasteiger partial charge on any atom is 0.560 e. The molecule has 278 valence electrons. The number of ether oxygens (including phenoxy) is 1. The Kier molecular flexibility index (Phi) is 9.03. The first kappa shape index (κ1) is 36.0. The average molecular weight is 818 g/mol. The van der Waals surface area contributed by atoms with Crippen molar-refractivity contribution in [1.82, 2.24) is 0 Å². The lowest BCUT2D eigenvalue weighted by molar-refractivity contribution is 0.385. The summed E-state index contributed by atoms with van der Waals surface area (Å²) in [6, 6.07) is 63.1. The molecule has 1 spiro atoms. The second-order valence-electron chi connectivity index (χ2n) is 14.5. The lowest BCUT2D eigenvalue weighted by Gasteiger charge is -2.49. The molecule has 0 amide bonds. The summed E-state index contributed by atoms with van der Waals surface area (Å²) in [7, 11) is -3.12. The van der Waals surface area contributed by atoms with Gasteiger partial charge in [0.05, 0.1) is 16.8 Å². The topological polar surface area (TPSA) is 82.4 Å². The molecule has 2 aliphatic heterocycles. The van der Waals surface area contributed by atoms with Crippen LogP contribution in [-0.2, 0) is 5.41 Å². The minimum atomic E-state index is -1.69. The third kappa shape index (κ3) is 5.94. The van der Waals surface area contributed by atoms with Crippen LogP contribution in [0.15, 0.2) is 193 Å². The van der Waals surface area contributed by atoms with Gasteiger partial charge in [-0.25, -0.2) is 0 Å². The fourth-order valence-electron chi connectivity index (χ4n) is 8.60. The third-order valence-corrected chi connectivity index (χ3v) is 11.7. The fourth-order valence-corrected chi connectivity index (χ4v) is 8.96. The molecule has 0 aliphatic carbocycles. The number of hydrogen-bond acceptors (Lipinski definition) is 6. The molecule has 58 heavy (non-hydrogen) atoms. The zero-order valence-electron chi connectivity index (χ0n) is 31.0. The molecule has 3 N–H and O–H groups in total. The number of hydrogen-bond donors (Lipinski definition) is 3. The van der Waals surface area contributed by atoms with Crippen molar-refractivity contribution < 1.29 is 24.5 Å². The van der Waals surface area contributed by atoms with Crippen LogP contribution < -0.4 is 25.2 Å². The van der Waals surface area contributed by atoms with Gasteiger partial charge in [0.2, 0.25) is 0 Å². The van der Waals surface area contributed by atoms with E-state index in [9.17, 15) is 15.1 Å². The minimum absolute atomic E-state index is 0.244. The maximum absolute atomic E-state index is 11.5. The molecule has 1 atom stereocenters. The van der Waals surface area contributed by atoms with Gasteiger partial charge in [0.15, 0.2) is 5.75 Å². The van der Waals surface area contributed by atoms with E-state index in [-0.39, 0.29) is 5.46 Å². The molecule has 8 aromatic carbocycles. The molecule has 0 saturated heterocycles. The molecular weight excluding hydrogens is 784 g/mol. The van der Waals surface area contributed by atoms with Gasteiger partial charge in [-0.15, -0.1) is 0 Å². The van der Waals surface area contributed by atoms with Gasteiger partial charge >= 0.3 is 14.2 Å². The predicted molar refractivity (Wildman–Crippen MR) is 236 cm³/mol. The molecule has 2 heterocycles. The highest BCUT2D eigenvalue weighted by Gasteiger charge is 2.52. The largest absolute Gasteiger partial charge is 0.560 e. The van der Waals surface area contributed by atoms with Gasteiger partial charge < -0.3 is 29.4 Å². The highest BCUT2D eigenvalue weighted by Crippen LogP contribution is 2.64. The van der Waals surface area contributed by atoms with Crippen molar-refractivity contribution in [2.45, 2.75) is 5.41 Å². The minimum Gasteiger partial charge on any atom is -0.530 e. The van der Waals surface area contributed by atoms with Crippen LogP contribution in [0.3, 0.4) is 0 Å². The smallest absolute Gasteiger partial charge is 0.530 e. The number of fused-ring (bicyclic) bond motifs is 8. The zero-order valence-corrected chi connectivity index (χ0v) is 32.6. The number of benzene rings is 8. The van der Waals surface area contributed by atoms with Crippen LogP contribution in [0.25, 0.3) is 22.3 Å². The van der Waals surface area contributed by atoms with Crippen molar-refractivity contribution in [3.8, 4) is 39.5 Å². The lowest BCUT2D eigenvalue weighted by atomic mass is 9.61. The average Bonchev–Trinajstić information content (AvgIpc) is 3.27. The van der Waals surface area contributed by atoms with Crippen LogP contribution in [-0.4, -0.2) is 29.3 Å². The van der Waals surface area contributed by atoms with E-state index in [1.165, 1.54) is 6.07 Å². The number of nitrogens with zero attached hydrogens (tertiary/aromatic N) is 1. The molecular formula is C49H34B2BrNO5. The molecule has 8 aromatic rings. The first-order valence-electron chi connectivity index (χ1n) is 19.1. The number of anilines is 3. The molecule has 6 nitrogen and oxygen atoms in total. The van der Waals surface area contributed by atoms with Gasteiger partial charge in [0.25, 0.3) is 0 Å². The van der Waals surface area contributed by atoms with Crippen LogP contribution in [0, 0.1) is 0 Å². The van der Waals surface area contributed by atoms with Crippen molar-refractivity contribution in [3.63, 3.8) is 0 Å². The molecule has 0 bridgehead atoms. The van der Waals surface area contributed by atoms with Gasteiger partial charge in [-0.05, 0) is 98.9 Å². The summed E-state index contributed by atoms with van der Waals surface area (Å²) >= 11 is 3.87. The van der Waals surface area contributed by atoms with Gasteiger partial charge in [-0.1, -0.05) is 149 Å². The SMILES string of the molecule is OB(O)c1cccc(B(O)Oc2cccc3c2Oc2ccccc2C32c3cc(Br)ccc3N(c3ccc(-c4ccccc4)cc3)c3ccc(-c4ccccc4)cc32)c1. The predicted octanol–water partition coefficient (Wildman–Crippen LogP) is 9.50. The van der Waals surface area contributed by atoms with Gasteiger partial charge in [0, 0.05) is 21.3 Å². The Bertz CT molecular complexity index is 2820. The summed E-state index contributed by atoms with van der Waals surface area (Å²) in [6.07, 6.45) is 0. The van der Waals surface area contributed by atoms with Crippen LogP contribution in [0.2, 0.25) is 0 Å². The second-order valence-corrected chi connectivity index (χ2v) is 15.4. The van der Waals surface area contributed by atoms with Crippen molar-refractivity contribution in [2.24, 2.45) is 0 Å². The number of rotatable bonds is 7.